The van der Waals surface area contributed by atoms with Crippen molar-refractivity contribution in [2.24, 2.45) is 0 Å². The monoisotopic (exact) mass is 273 g/mol. The average molecular weight is 274 g/mol. The van der Waals surface area contributed by atoms with Crippen LogP contribution >= 0.6 is 23.2 Å². The Morgan fingerprint density at radius 3 is 2.88 bits per heavy atom. The van der Waals surface area contributed by atoms with Gasteiger partial charge in [-0.15, -0.1) is 16.7 Å². The minimum atomic E-state index is 0.179. The zero-order valence-electron chi connectivity index (χ0n) is 8.91. The molecule has 0 aliphatic carbocycles. The molecule has 0 spiro atoms. The third-order valence-corrected chi connectivity index (χ3v) is 2.52. The van der Waals surface area contributed by atoms with Gasteiger partial charge in [-0.05, 0) is 12.1 Å². The molecule has 2 rings (SSSR count). The number of anilines is 2. The summed E-state index contributed by atoms with van der Waals surface area (Å²) in [5.41, 5.74) is 0.732. The lowest BCUT2D eigenvalue weighted by Gasteiger charge is -2.06. The van der Waals surface area contributed by atoms with Crippen LogP contribution in [0.5, 0.6) is 5.75 Å². The Kier molecular flexibility index (Phi) is 3.71. The first kappa shape index (κ1) is 12.0. The van der Waals surface area contributed by atoms with E-state index in [-0.39, 0.29) is 11.9 Å². The molecule has 0 radical (unpaired) electrons. The highest BCUT2D eigenvalue weighted by molar-refractivity contribution is 6.32. The summed E-state index contributed by atoms with van der Waals surface area (Å²) in [5, 5.41) is 11.0. The molecule has 0 unspecified atom stereocenters. The predicted molar refractivity (Wildman–Crippen MR) is 65.1 cm³/mol. The van der Waals surface area contributed by atoms with Crippen molar-refractivity contribution < 1.29 is 9.15 Å². The van der Waals surface area contributed by atoms with Crippen molar-refractivity contribution >= 4 is 34.9 Å². The van der Waals surface area contributed by atoms with Gasteiger partial charge in [0.2, 0.25) is 5.89 Å². The molecule has 90 valence electrons. The highest BCUT2D eigenvalue weighted by Crippen LogP contribution is 2.28. The van der Waals surface area contributed by atoms with E-state index in [9.17, 15) is 0 Å². The van der Waals surface area contributed by atoms with Gasteiger partial charge in [0.05, 0.1) is 12.1 Å². The van der Waals surface area contributed by atoms with Crippen LogP contribution in [0, 0.1) is 0 Å². The van der Waals surface area contributed by atoms with E-state index in [1.165, 1.54) is 0 Å². The second-order valence-electron chi connectivity index (χ2n) is 3.11. The lowest BCUT2D eigenvalue weighted by Crippen LogP contribution is -1.92. The van der Waals surface area contributed by atoms with Crippen molar-refractivity contribution in [1.82, 2.24) is 10.2 Å². The van der Waals surface area contributed by atoms with E-state index in [1.807, 2.05) is 0 Å². The molecule has 5 nitrogen and oxygen atoms in total. The third-order valence-electron chi connectivity index (χ3n) is 1.98. The fraction of sp³-hybridized carbons (Fsp3) is 0.200. The molecule has 2 aromatic rings. The summed E-state index contributed by atoms with van der Waals surface area (Å²) in [4.78, 5) is 0. The Morgan fingerprint density at radius 1 is 1.41 bits per heavy atom. The van der Waals surface area contributed by atoms with Gasteiger partial charge in [-0.3, -0.25) is 0 Å². The van der Waals surface area contributed by atoms with Crippen LogP contribution in [0.2, 0.25) is 5.02 Å². The Hall–Kier alpha value is -1.46. The first-order valence-corrected chi connectivity index (χ1v) is 5.63. The second kappa shape index (κ2) is 5.25. The quantitative estimate of drug-likeness (QED) is 0.867. The van der Waals surface area contributed by atoms with Gasteiger partial charge in [0, 0.05) is 11.8 Å². The molecule has 1 aromatic heterocycles. The summed E-state index contributed by atoms with van der Waals surface area (Å²) in [6.07, 6.45) is 0. The van der Waals surface area contributed by atoms with Gasteiger partial charge in [-0.25, -0.2) is 0 Å². The number of methoxy groups -OCH3 is 1. The number of rotatable bonds is 4. The summed E-state index contributed by atoms with van der Waals surface area (Å²) >= 11 is 11.5. The number of hydrogen-bond acceptors (Lipinski definition) is 5. The van der Waals surface area contributed by atoms with Gasteiger partial charge in [-0.2, -0.15) is 0 Å². The summed E-state index contributed by atoms with van der Waals surface area (Å²) in [7, 11) is 1.54. The molecule has 0 saturated carbocycles. The van der Waals surface area contributed by atoms with Crippen molar-refractivity contribution in [3.8, 4) is 5.75 Å². The standard InChI is InChI=1S/C10H9Cl2N3O2/c1-16-8-4-6(2-3-7(8)12)13-10-15-14-9(5-11)17-10/h2-4H,5H2,1H3,(H,13,15). The number of aromatic nitrogens is 2. The summed E-state index contributed by atoms with van der Waals surface area (Å²) in [6, 6.07) is 5.48. The summed E-state index contributed by atoms with van der Waals surface area (Å²) in [5.74, 6) is 1.10. The first-order chi connectivity index (χ1) is 8.22. The van der Waals surface area contributed by atoms with E-state index in [4.69, 9.17) is 32.4 Å². The molecule has 0 aliphatic rings. The van der Waals surface area contributed by atoms with Crippen molar-refractivity contribution in [3.63, 3.8) is 0 Å². The molecule has 7 heteroatoms. The van der Waals surface area contributed by atoms with E-state index < -0.39 is 0 Å². The van der Waals surface area contributed by atoms with E-state index >= 15 is 0 Å². The van der Waals surface area contributed by atoms with Crippen LogP contribution in [0.15, 0.2) is 22.6 Å². The topological polar surface area (TPSA) is 60.2 Å². The Balaban J connectivity index is 2.18. The van der Waals surface area contributed by atoms with Gasteiger partial charge in [-0.1, -0.05) is 16.7 Å². The summed E-state index contributed by atoms with van der Waals surface area (Å²) in [6.45, 7) is 0. The van der Waals surface area contributed by atoms with Crippen LogP contribution < -0.4 is 10.1 Å². The van der Waals surface area contributed by atoms with Crippen molar-refractivity contribution in [2.45, 2.75) is 5.88 Å². The van der Waals surface area contributed by atoms with Crippen LogP contribution in [0.3, 0.4) is 0 Å². The molecule has 0 saturated heterocycles. The number of hydrogen-bond donors (Lipinski definition) is 1. The summed E-state index contributed by atoms with van der Waals surface area (Å²) < 4.78 is 10.3. The predicted octanol–water partition coefficient (Wildman–Crippen LogP) is 3.21. The maximum atomic E-state index is 5.90. The van der Waals surface area contributed by atoms with Gasteiger partial charge in [0.25, 0.3) is 0 Å². The number of alkyl halides is 1. The lowest BCUT2D eigenvalue weighted by molar-refractivity contribution is 0.415. The Bertz CT molecular complexity index is 516. The third kappa shape index (κ3) is 2.81. The second-order valence-corrected chi connectivity index (χ2v) is 3.78. The first-order valence-electron chi connectivity index (χ1n) is 4.72. The maximum Gasteiger partial charge on any atom is 0.320 e. The lowest BCUT2D eigenvalue weighted by atomic mass is 10.3. The zero-order valence-corrected chi connectivity index (χ0v) is 10.4. The van der Waals surface area contributed by atoms with Gasteiger partial charge in [0.1, 0.15) is 11.6 Å². The van der Waals surface area contributed by atoms with Gasteiger partial charge in [0.15, 0.2) is 0 Å². The van der Waals surface area contributed by atoms with Crippen molar-refractivity contribution in [2.75, 3.05) is 12.4 Å². The number of halogens is 2. The smallest absolute Gasteiger partial charge is 0.320 e. The largest absolute Gasteiger partial charge is 0.495 e. The molecule has 1 N–H and O–H groups in total. The molecular formula is C10H9Cl2N3O2. The fourth-order valence-corrected chi connectivity index (χ4v) is 1.52. The van der Waals surface area contributed by atoms with Gasteiger partial charge < -0.3 is 14.5 Å². The normalized spacial score (nSPS) is 10.3. The van der Waals surface area contributed by atoms with Crippen LogP contribution in [0.4, 0.5) is 11.7 Å². The highest BCUT2D eigenvalue weighted by Gasteiger charge is 2.07. The molecule has 1 aromatic carbocycles. The minimum Gasteiger partial charge on any atom is -0.495 e. The number of nitrogens with zero attached hydrogens (tertiary/aromatic N) is 2. The van der Waals surface area contributed by atoms with Crippen LogP contribution in [-0.2, 0) is 5.88 Å². The molecule has 0 fully saturated rings. The molecule has 17 heavy (non-hydrogen) atoms. The van der Waals surface area contributed by atoms with Crippen LogP contribution in [-0.4, -0.2) is 17.3 Å². The Labute approximate surface area is 108 Å². The molecule has 0 atom stereocenters. The minimum absolute atomic E-state index is 0.179. The van der Waals surface area contributed by atoms with Crippen LogP contribution in [0.1, 0.15) is 5.89 Å². The molecule has 0 aliphatic heterocycles. The molecule has 1 heterocycles. The van der Waals surface area contributed by atoms with Crippen LogP contribution in [0.25, 0.3) is 0 Å². The maximum absolute atomic E-state index is 5.90. The number of ether oxygens (including phenoxy) is 1. The number of benzene rings is 1. The van der Waals surface area contributed by atoms with Gasteiger partial charge >= 0.3 is 6.01 Å². The highest BCUT2D eigenvalue weighted by atomic mass is 35.5. The SMILES string of the molecule is COc1cc(Nc2nnc(CCl)o2)ccc1Cl. The van der Waals surface area contributed by atoms with E-state index in [2.05, 4.69) is 15.5 Å². The van der Waals surface area contributed by atoms with E-state index in [0.717, 1.165) is 5.69 Å². The molecule has 0 bridgehead atoms. The molecule has 0 amide bonds. The zero-order chi connectivity index (χ0) is 12.3. The average Bonchev–Trinajstić information content (AvgIpc) is 2.79. The van der Waals surface area contributed by atoms with Crippen molar-refractivity contribution in [1.29, 1.82) is 0 Å². The number of nitrogens with one attached hydrogen (secondary N) is 1. The Morgan fingerprint density at radius 2 is 2.24 bits per heavy atom. The fourth-order valence-electron chi connectivity index (χ4n) is 1.22. The van der Waals surface area contributed by atoms with E-state index in [0.29, 0.717) is 16.7 Å². The van der Waals surface area contributed by atoms with Crippen molar-refractivity contribution in [3.05, 3.63) is 29.1 Å². The molecular weight excluding hydrogens is 265 g/mol. The van der Waals surface area contributed by atoms with E-state index in [1.54, 1.807) is 25.3 Å².